The maximum Gasteiger partial charge on any atom is 0.0814 e. The Balaban J connectivity index is 2.16. The minimum Gasteiger partial charge on any atom is -0.311 e. The van der Waals surface area contributed by atoms with Crippen LogP contribution in [0.25, 0.3) is 10.6 Å². The molecule has 0 amide bonds. The number of hydrogen-bond donors (Lipinski definition) is 1. The summed E-state index contributed by atoms with van der Waals surface area (Å²) < 4.78 is 2.03. The second-order valence-corrected chi connectivity index (χ2v) is 5.52. The molecule has 0 saturated carbocycles. The fraction of sp³-hybridized carbons (Fsp3) is 0.417. The maximum absolute atomic E-state index is 4.60. The fourth-order valence-electron chi connectivity index (χ4n) is 2.32. The monoisotopic (exact) mass is 233 g/mol. The van der Waals surface area contributed by atoms with E-state index >= 15 is 0 Å². The summed E-state index contributed by atoms with van der Waals surface area (Å²) >= 11 is 1.85. The van der Waals surface area contributed by atoms with Gasteiger partial charge in [-0.25, -0.2) is 0 Å². The lowest BCUT2D eigenvalue weighted by atomic mass is 10.1. The van der Waals surface area contributed by atoms with Crippen LogP contribution in [-0.4, -0.2) is 16.3 Å². The van der Waals surface area contributed by atoms with Crippen molar-refractivity contribution in [3.8, 4) is 10.6 Å². The second kappa shape index (κ2) is 3.71. The van der Waals surface area contributed by atoms with Crippen LogP contribution in [0.4, 0.5) is 0 Å². The van der Waals surface area contributed by atoms with Gasteiger partial charge in [-0.15, -0.1) is 11.3 Å². The van der Waals surface area contributed by atoms with Crippen LogP contribution in [0, 0.1) is 6.92 Å². The molecule has 4 heteroatoms. The Bertz CT molecular complexity index is 524. The molecule has 0 unspecified atom stereocenters. The van der Waals surface area contributed by atoms with Gasteiger partial charge in [0.2, 0.25) is 0 Å². The van der Waals surface area contributed by atoms with Gasteiger partial charge >= 0.3 is 0 Å². The lowest BCUT2D eigenvalue weighted by molar-refractivity contribution is 0.625. The Labute approximate surface area is 99.1 Å². The fourth-order valence-corrected chi connectivity index (χ4v) is 3.29. The highest BCUT2D eigenvalue weighted by atomic mass is 32.1. The molecule has 0 radical (unpaired) electrons. The molecule has 0 saturated heterocycles. The predicted molar refractivity (Wildman–Crippen MR) is 66.7 cm³/mol. The quantitative estimate of drug-likeness (QED) is 0.817. The van der Waals surface area contributed by atoms with E-state index in [2.05, 4.69) is 29.5 Å². The van der Waals surface area contributed by atoms with E-state index in [0.29, 0.717) is 0 Å². The summed E-state index contributed by atoms with van der Waals surface area (Å²) in [6.07, 6.45) is 1.09. The third-order valence-corrected chi connectivity index (χ3v) is 4.05. The van der Waals surface area contributed by atoms with Gasteiger partial charge in [-0.3, -0.25) is 4.68 Å². The summed E-state index contributed by atoms with van der Waals surface area (Å²) in [4.78, 5) is 2.70. The first-order chi connectivity index (χ1) is 7.75. The normalized spacial score (nSPS) is 15.1. The molecule has 3 heterocycles. The number of thiophene rings is 1. The topological polar surface area (TPSA) is 29.9 Å². The van der Waals surface area contributed by atoms with E-state index in [0.717, 1.165) is 19.5 Å². The SMILES string of the molecule is Cc1ccc(-c2c3c(nn2C)CNCC3)s1. The molecule has 2 aromatic heterocycles. The van der Waals surface area contributed by atoms with E-state index in [-0.39, 0.29) is 0 Å². The molecule has 3 nitrogen and oxygen atoms in total. The molecule has 0 atom stereocenters. The molecule has 84 valence electrons. The van der Waals surface area contributed by atoms with Gasteiger partial charge in [0.15, 0.2) is 0 Å². The lowest BCUT2D eigenvalue weighted by Gasteiger charge is -2.12. The highest BCUT2D eigenvalue weighted by Gasteiger charge is 2.20. The lowest BCUT2D eigenvalue weighted by Crippen LogP contribution is -2.23. The van der Waals surface area contributed by atoms with Crippen LogP contribution in [0.5, 0.6) is 0 Å². The minimum atomic E-state index is 0.910. The zero-order chi connectivity index (χ0) is 11.1. The van der Waals surface area contributed by atoms with Crippen LogP contribution >= 0.6 is 11.3 Å². The predicted octanol–water partition coefficient (Wildman–Crippen LogP) is 2.10. The van der Waals surface area contributed by atoms with Gasteiger partial charge in [0, 0.05) is 24.0 Å². The molecule has 0 bridgehead atoms. The van der Waals surface area contributed by atoms with Crippen molar-refractivity contribution in [2.24, 2.45) is 7.05 Å². The first kappa shape index (κ1) is 10.1. The number of aryl methyl sites for hydroxylation is 2. The Morgan fingerprint density at radius 1 is 1.44 bits per heavy atom. The first-order valence-corrected chi connectivity index (χ1v) is 6.39. The van der Waals surface area contributed by atoms with E-state index in [4.69, 9.17) is 0 Å². The molecular formula is C12H15N3S. The van der Waals surface area contributed by atoms with Gasteiger partial charge < -0.3 is 5.32 Å². The van der Waals surface area contributed by atoms with Gasteiger partial charge in [-0.2, -0.15) is 5.10 Å². The third-order valence-electron chi connectivity index (χ3n) is 3.05. The average Bonchev–Trinajstić information content (AvgIpc) is 2.80. The van der Waals surface area contributed by atoms with Crippen molar-refractivity contribution in [2.75, 3.05) is 6.54 Å². The molecule has 1 aliphatic rings. The molecule has 0 spiro atoms. The number of aromatic nitrogens is 2. The number of fused-ring (bicyclic) bond motifs is 1. The highest BCUT2D eigenvalue weighted by Crippen LogP contribution is 2.32. The standard InChI is InChI=1S/C12H15N3S/c1-8-3-4-11(16-8)12-9-5-6-13-7-10(9)14-15(12)2/h3-4,13H,5-7H2,1-2H3. The largest absolute Gasteiger partial charge is 0.311 e. The summed E-state index contributed by atoms with van der Waals surface area (Å²) in [6.45, 7) is 4.13. The number of rotatable bonds is 1. The Morgan fingerprint density at radius 2 is 2.31 bits per heavy atom. The van der Waals surface area contributed by atoms with Crippen molar-refractivity contribution in [1.29, 1.82) is 0 Å². The Kier molecular flexibility index (Phi) is 2.33. The second-order valence-electron chi connectivity index (χ2n) is 4.23. The molecule has 2 aromatic rings. The molecule has 0 fully saturated rings. The summed E-state index contributed by atoms with van der Waals surface area (Å²) in [5, 5.41) is 7.96. The van der Waals surface area contributed by atoms with Crippen molar-refractivity contribution < 1.29 is 0 Å². The molecule has 16 heavy (non-hydrogen) atoms. The smallest absolute Gasteiger partial charge is 0.0814 e. The van der Waals surface area contributed by atoms with Crippen LogP contribution in [0.15, 0.2) is 12.1 Å². The van der Waals surface area contributed by atoms with Crippen molar-refractivity contribution in [3.63, 3.8) is 0 Å². The van der Waals surface area contributed by atoms with E-state index in [9.17, 15) is 0 Å². The highest BCUT2D eigenvalue weighted by molar-refractivity contribution is 7.15. The average molecular weight is 233 g/mol. The summed E-state index contributed by atoms with van der Waals surface area (Å²) in [5.41, 5.74) is 3.97. The summed E-state index contributed by atoms with van der Waals surface area (Å²) in [6, 6.07) is 4.39. The molecular weight excluding hydrogens is 218 g/mol. The molecule has 0 aliphatic carbocycles. The number of nitrogens with one attached hydrogen (secondary N) is 1. The van der Waals surface area contributed by atoms with Crippen molar-refractivity contribution in [1.82, 2.24) is 15.1 Å². The molecule has 1 N–H and O–H groups in total. The minimum absolute atomic E-state index is 0.910. The van der Waals surface area contributed by atoms with Crippen molar-refractivity contribution in [2.45, 2.75) is 19.9 Å². The van der Waals surface area contributed by atoms with Gasteiger partial charge in [-0.05, 0) is 32.0 Å². The summed E-state index contributed by atoms with van der Waals surface area (Å²) in [5.74, 6) is 0. The number of hydrogen-bond acceptors (Lipinski definition) is 3. The van der Waals surface area contributed by atoms with E-state index in [1.165, 1.54) is 26.7 Å². The van der Waals surface area contributed by atoms with Crippen LogP contribution < -0.4 is 5.32 Å². The van der Waals surface area contributed by atoms with Crippen LogP contribution in [0.3, 0.4) is 0 Å². The van der Waals surface area contributed by atoms with E-state index < -0.39 is 0 Å². The van der Waals surface area contributed by atoms with Crippen LogP contribution in [0.2, 0.25) is 0 Å². The zero-order valence-corrected chi connectivity index (χ0v) is 10.4. The van der Waals surface area contributed by atoms with Gasteiger partial charge in [0.1, 0.15) is 0 Å². The van der Waals surface area contributed by atoms with Crippen molar-refractivity contribution >= 4 is 11.3 Å². The van der Waals surface area contributed by atoms with Crippen LogP contribution in [0.1, 0.15) is 16.1 Å². The zero-order valence-electron chi connectivity index (χ0n) is 9.58. The summed E-state index contributed by atoms with van der Waals surface area (Å²) in [7, 11) is 2.04. The van der Waals surface area contributed by atoms with Crippen LogP contribution in [-0.2, 0) is 20.0 Å². The van der Waals surface area contributed by atoms with Gasteiger partial charge in [0.05, 0.1) is 16.3 Å². The van der Waals surface area contributed by atoms with E-state index in [1.807, 2.05) is 23.1 Å². The molecule has 0 aromatic carbocycles. The third kappa shape index (κ3) is 1.49. The molecule has 3 rings (SSSR count). The molecule has 1 aliphatic heterocycles. The first-order valence-electron chi connectivity index (χ1n) is 5.58. The maximum atomic E-state index is 4.60. The Hall–Kier alpha value is -1.13. The Morgan fingerprint density at radius 3 is 3.06 bits per heavy atom. The van der Waals surface area contributed by atoms with E-state index in [1.54, 1.807) is 0 Å². The van der Waals surface area contributed by atoms with Crippen molar-refractivity contribution in [3.05, 3.63) is 28.3 Å². The van der Waals surface area contributed by atoms with Gasteiger partial charge in [0.25, 0.3) is 0 Å². The van der Waals surface area contributed by atoms with Gasteiger partial charge in [-0.1, -0.05) is 0 Å². The number of nitrogens with zero attached hydrogens (tertiary/aromatic N) is 2.